The molecule has 11 heteroatoms. The van der Waals surface area contributed by atoms with Crippen LogP contribution >= 0.6 is 23.1 Å². The number of nitrogens with two attached hydrogens (primary N) is 1. The molecule has 2 aliphatic rings. The van der Waals surface area contributed by atoms with Crippen molar-refractivity contribution in [1.29, 1.82) is 0 Å². The van der Waals surface area contributed by atoms with E-state index in [1.165, 1.54) is 23.7 Å². The lowest BCUT2D eigenvalue weighted by atomic mass is 9.77. The number of thioether (sulfide) groups is 1. The Morgan fingerprint density at radius 2 is 2.25 bits per heavy atom. The van der Waals surface area contributed by atoms with Gasteiger partial charge in [-0.1, -0.05) is 17.7 Å². The zero-order valence-corrected chi connectivity index (χ0v) is 19.7. The van der Waals surface area contributed by atoms with E-state index in [4.69, 9.17) is 20.2 Å². The number of carbonyl (C=O) groups is 1. The second kappa shape index (κ2) is 9.05. The van der Waals surface area contributed by atoms with Crippen molar-refractivity contribution in [2.75, 3.05) is 24.3 Å². The van der Waals surface area contributed by atoms with Crippen molar-refractivity contribution >= 4 is 40.0 Å². The molecule has 4 rings (SSSR count). The Bertz CT molecular complexity index is 1090. The smallest absolute Gasteiger partial charge is 0.277 e. The third-order valence-electron chi connectivity index (χ3n) is 5.28. The van der Waals surface area contributed by atoms with Gasteiger partial charge in [-0.05, 0) is 27.2 Å². The van der Waals surface area contributed by atoms with E-state index in [2.05, 4.69) is 46.0 Å². The first-order chi connectivity index (χ1) is 15.3. The molecule has 0 unspecified atom stereocenters. The van der Waals surface area contributed by atoms with E-state index >= 15 is 0 Å². The fourth-order valence-corrected chi connectivity index (χ4v) is 5.62. The summed E-state index contributed by atoms with van der Waals surface area (Å²) in [6.45, 7) is 6.52. The summed E-state index contributed by atoms with van der Waals surface area (Å²) in [6, 6.07) is 0. The molecule has 168 valence electrons. The highest BCUT2D eigenvalue weighted by molar-refractivity contribution is 8.13. The number of amidine groups is 1. The molecule has 2 atom stereocenters. The Balaban J connectivity index is 1.49. The van der Waals surface area contributed by atoms with Gasteiger partial charge in [0.25, 0.3) is 5.91 Å². The van der Waals surface area contributed by atoms with Gasteiger partial charge in [-0.3, -0.25) is 4.79 Å². The standard InChI is InChI=1S/C21H24N6O3S2/c1-4-5-6-29-16-9-23-14(8-24-16)17(28)25-15-11-31-18(26-15)21-12-30-20(2,3)7-13(21)10-32-19(22)27-21/h8-9,11,13H,6-7,10,12H2,1-3H3,(H2,22,27)(H,25,28)/t13-,21-/m1/s1. The molecule has 0 bridgehead atoms. The van der Waals surface area contributed by atoms with Crippen LogP contribution in [0.4, 0.5) is 5.82 Å². The second-order valence-electron chi connectivity index (χ2n) is 8.08. The number of ether oxygens (including phenoxy) is 2. The van der Waals surface area contributed by atoms with Gasteiger partial charge >= 0.3 is 0 Å². The minimum absolute atomic E-state index is 0.156. The van der Waals surface area contributed by atoms with Gasteiger partial charge in [-0.25, -0.2) is 19.9 Å². The minimum atomic E-state index is -0.626. The van der Waals surface area contributed by atoms with E-state index in [1.807, 2.05) is 0 Å². The molecule has 0 saturated carbocycles. The number of nitrogens with zero attached hydrogens (tertiary/aromatic N) is 4. The lowest BCUT2D eigenvalue weighted by Crippen LogP contribution is -2.52. The molecule has 0 spiro atoms. The fourth-order valence-electron chi connectivity index (χ4n) is 3.66. The van der Waals surface area contributed by atoms with Gasteiger partial charge in [0.05, 0.1) is 24.6 Å². The van der Waals surface area contributed by atoms with Gasteiger partial charge in [-0.15, -0.1) is 17.3 Å². The number of thiazole rings is 1. The van der Waals surface area contributed by atoms with E-state index in [1.54, 1.807) is 24.1 Å². The van der Waals surface area contributed by atoms with Gasteiger partial charge in [-0.2, -0.15) is 0 Å². The zero-order chi connectivity index (χ0) is 22.8. The first kappa shape index (κ1) is 22.5. The molecule has 0 aliphatic carbocycles. The number of carbonyl (C=O) groups excluding carboxylic acids is 1. The van der Waals surface area contributed by atoms with Crippen molar-refractivity contribution in [3.8, 4) is 17.7 Å². The van der Waals surface area contributed by atoms with E-state index < -0.39 is 11.4 Å². The summed E-state index contributed by atoms with van der Waals surface area (Å²) in [5, 5.41) is 5.89. The number of hydrogen-bond donors (Lipinski definition) is 2. The molecule has 0 radical (unpaired) electrons. The minimum Gasteiger partial charge on any atom is -0.463 e. The van der Waals surface area contributed by atoms with Gasteiger partial charge in [0.15, 0.2) is 11.8 Å². The van der Waals surface area contributed by atoms with Gasteiger partial charge in [0.2, 0.25) is 5.88 Å². The Morgan fingerprint density at radius 3 is 3.00 bits per heavy atom. The third kappa shape index (κ3) is 4.72. The average molecular weight is 473 g/mol. The van der Waals surface area contributed by atoms with Gasteiger partial charge in [0.1, 0.15) is 22.1 Å². The average Bonchev–Trinajstić information content (AvgIpc) is 3.23. The number of fused-ring (bicyclic) bond motifs is 1. The van der Waals surface area contributed by atoms with E-state index in [0.717, 1.165) is 17.2 Å². The van der Waals surface area contributed by atoms with Crippen molar-refractivity contribution in [2.24, 2.45) is 16.6 Å². The maximum Gasteiger partial charge on any atom is 0.277 e. The van der Waals surface area contributed by atoms with E-state index in [9.17, 15) is 4.79 Å². The van der Waals surface area contributed by atoms with Crippen molar-refractivity contribution in [3.63, 3.8) is 0 Å². The van der Waals surface area contributed by atoms with Crippen LogP contribution in [-0.4, -0.2) is 50.6 Å². The normalized spacial score (nSPS) is 23.8. The van der Waals surface area contributed by atoms with Crippen molar-refractivity contribution < 1.29 is 14.3 Å². The summed E-state index contributed by atoms with van der Waals surface area (Å²) in [6.07, 6.45) is 3.60. The molecular weight excluding hydrogens is 448 g/mol. The van der Waals surface area contributed by atoms with Gasteiger partial charge < -0.3 is 20.5 Å². The quantitative estimate of drug-likeness (QED) is 0.637. The summed E-state index contributed by atoms with van der Waals surface area (Å²) in [4.78, 5) is 30.2. The SMILES string of the molecule is CC#CCOc1cnc(C(=O)Nc2csc([C@@]34COC(C)(C)C[C@@H]3CSC(N)=N4)n2)cn1. The third-order valence-corrected chi connectivity index (χ3v) is 7.25. The van der Waals surface area contributed by atoms with Crippen LogP contribution in [0.5, 0.6) is 5.88 Å². The predicted octanol–water partition coefficient (Wildman–Crippen LogP) is 2.66. The van der Waals surface area contributed by atoms with Crippen LogP contribution in [0.1, 0.15) is 42.7 Å². The van der Waals surface area contributed by atoms with Crippen molar-refractivity contribution in [1.82, 2.24) is 15.0 Å². The number of amides is 1. The molecule has 1 amide bonds. The van der Waals surface area contributed by atoms with E-state index in [0.29, 0.717) is 23.5 Å². The Hall–Kier alpha value is -2.68. The summed E-state index contributed by atoms with van der Waals surface area (Å²) >= 11 is 3.00. The summed E-state index contributed by atoms with van der Waals surface area (Å²) < 4.78 is 11.4. The molecule has 32 heavy (non-hydrogen) atoms. The number of nitrogens with one attached hydrogen (secondary N) is 1. The fraction of sp³-hybridized carbons (Fsp3) is 0.476. The summed E-state index contributed by atoms with van der Waals surface area (Å²) in [7, 11) is 0. The van der Waals surface area contributed by atoms with Crippen molar-refractivity contribution in [2.45, 2.75) is 38.3 Å². The molecule has 0 aromatic carbocycles. The maximum absolute atomic E-state index is 12.6. The Labute approximate surface area is 194 Å². The van der Waals surface area contributed by atoms with Crippen LogP contribution in [0.15, 0.2) is 22.8 Å². The molecular formula is C21H24N6O3S2. The number of hydrogen-bond acceptors (Lipinski definition) is 10. The van der Waals surface area contributed by atoms with Crippen LogP contribution in [0.2, 0.25) is 0 Å². The molecule has 2 aromatic rings. The van der Waals surface area contributed by atoms with Gasteiger partial charge in [0, 0.05) is 17.1 Å². The predicted molar refractivity (Wildman–Crippen MR) is 125 cm³/mol. The first-order valence-corrected chi connectivity index (χ1v) is 11.9. The lowest BCUT2D eigenvalue weighted by Gasteiger charge is -2.47. The first-order valence-electron chi connectivity index (χ1n) is 10.1. The number of aliphatic imine (C=N–C) groups is 1. The molecule has 3 N–H and O–H groups in total. The summed E-state index contributed by atoms with van der Waals surface area (Å²) in [5.41, 5.74) is 5.39. The lowest BCUT2D eigenvalue weighted by molar-refractivity contribution is -0.109. The monoisotopic (exact) mass is 472 g/mol. The molecule has 9 nitrogen and oxygen atoms in total. The molecule has 4 heterocycles. The Kier molecular flexibility index (Phi) is 6.37. The van der Waals surface area contributed by atoms with Crippen LogP contribution in [0.3, 0.4) is 0 Å². The van der Waals surface area contributed by atoms with Crippen molar-refractivity contribution in [3.05, 3.63) is 28.5 Å². The van der Waals surface area contributed by atoms with Crippen LogP contribution < -0.4 is 15.8 Å². The van der Waals surface area contributed by atoms with E-state index in [-0.39, 0.29) is 23.8 Å². The molecule has 2 aromatic heterocycles. The molecule has 1 saturated heterocycles. The molecule has 2 aliphatic heterocycles. The summed E-state index contributed by atoms with van der Waals surface area (Å²) in [5.74, 6) is 6.92. The zero-order valence-electron chi connectivity index (χ0n) is 18.0. The highest BCUT2D eigenvalue weighted by Gasteiger charge is 2.52. The number of aromatic nitrogens is 3. The Morgan fingerprint density at radius 1 is 1.41 bits per heavy atom. The topological polar surface area (TPSA) is 125 Å². The number of rotatable bonds is 5. The highest BCUT2D eigenvalue weighted by atomic mass is 32.2. The van der Waals surface area contributed by atoms with Crippen LogP contribution in [0, 0.1) is 17.8 Å². The largest absolute Gasteiger partial charge is 0.463 e. The second-order valence-corrected chi connectivity index (χ2v) is 9.98. The maximum atomic E-state index is 12.6. The van der Waals surface area contributed by atoms with Crippen LogP contribution in [-0.2, 0) is 10.3 Å². The molecule has 1 fully saturated rings. The highest BCUT2D eigenvalue weighted by Crippen LogP contribution is 2.49. The number of anilines is 1. The van der Waals surface area contributed by atoms with Crippen LogP contribution in [0.25, 0.3) is 0 Å².